The number of hydrogen-bond donors (Lipinski definition) is 4. The minimum Gasteiger partial charge on any atom is -0.379 e. The Bertz CT molecular complexity index is 2470. The molecule has 0 bridgehead atoms. The molecule has 2 aromatic carbocycles. The highest BCUT2D eigenvalue weighted by Crippen LogP contribution is 2.50. The molecule has 0 radical (unpaired) electrons. The number of thioether (sulfide) groups is 2. The number of aromatic nitrogens is 2. The molecule has 344 valence electrons. The number of pyridine rings is 2. The molecule has 22 heteroatoms. The van der Waals surface area contributed by atoms with Crippen molar-refractivity contribution < 1.29 is 45.4 Å². The maximum atomic E-state index is 15.0. The Morgan fingerprint density at radius 2 is 1.09 bits per heavy atom. The quantitative estimate of drug-likeness (QED) is 0.0983. The van der Waals surface area contributed by atoms with Gasteiger partial charge in [0.1, 0.15) is 46.3 Å². The number of alkyl halides is 4. The van der Waals surface area contributed by atoms with E-state index in [4.69, 9.17) is 34.1 Å². The molecule has 4 aliphatic heterocycles. The van der Waals surface area contributed by atoms with Crippen LogP contribution in [0.1, 0.15) is 58.8 Å². The Hall–Kier alpha value is -6.20. The molecular weight excluding hydrogens is 911 g/mol. The largest absolute Gasteiger partial charge is 0.379 e. The molecule has 6 N–H and O–H groups in total. The summed E-state index contributed by atoms with van der Waals surface area (Å²) in [7, 11) is 0. The number of carbonyl (C=O) groups is 2. The lowest BCUT2D eigenvalue weighted by Gasteiger charge is -2.47. The first-order valence-corrected chi connectivity index (χ1v) is 22.1. The van der Waals surface area contributed by atoms with E-state index in [1.165, 1.54) is 96.6 Å². The lowest BCUT2D eigenvalue weighted by molar-refractivity contribution is -0.170. The second-order valence-electron chi connectivity index (χ2n) is 16.1. The Kier molecular flexibility index (Phi) is 13.7. The molecule has 14 nitrogen and oxygen atoms in total. The van der Waals surface area contributed by atoms with Gasteiger partial charge in [0.2, 0.25) is 11.4 Å². The number of nitrogens with zero attached hydrogens (tertiary/aromatic N) is 6. The number of nitrogens with two attached hydrogens (primary N) is 2. The van der Waals surface area contributed by atoms with Gasteiger partial charge >= 0.3 is 0 Å². The van der Waals surface area contributed by atoms with E-state index in [9.17, 15) is 27.2 Å². The zero-order valence-corrected chi connectivity index (χ0v) is 36.7. The molecule has 8 rings (SSSR count). The summed E-state index contributed by atoms with van der Waals surface area (Å²) in [5, 5.41) is 5.73. The first kappa shape index (κ1) is 47.8. The van der Waals surface area contributed by atoms with Crippen molar-refractivity contribution in [2.45, 2.75) is 61.8 Å². The van der Waals surface area contributed by atoms with E-state index in [-0.39, 0.29) is 70.3 Å². The minimum atomic E-state index is -3.05. The van der Waals surface area contributed by atoms with Crippen LogP contribution in [0, 0.1) is 36.6 Å². The first-order valence-electron chi connectivity index (χ1n) is 20.1. The summed E-state index contributed by atoms with van der Waals surface area (Å²) >= 11 is 2.47. The average Bonchev–Trinajstić information content (AvgIpc) is 3.29. The molecule has 6 unspecified atom stereocenters. The van der Waals surface area contributed by atoms with Crippen molar-refractivity contribution in [2.75, 3.05) is 35.4 Å². The van der Waals surface area contributed by atoms with E-state index in [1.807, 2.05) is 0 Å². The van der Waals surface area contributed by atoms with Gasteiger partial charge in [-0.1, -0.05) is 35.7 Å². The summed E-state index contributed by atoms with van der Waals surface area (Å²) in [6.45, 7) is 15.0. The van der Waals surface area contributed by atoms with Crippen LogP contribution in [-0.4, -0.2) is 80.9 Å². The second kappa shape index (κ2) is 19.0. The van der Waals surface area contributed by atoms with Gasteiger partial charge in [0.25, 0.3) is 23.7 Å². The maximum absolute atomic E-state index is 15.0. The topological polar surface area (TPSA) is 188 Å². The summed E-state index contributed by atoms with van der Waals surface area (Å²) in [4.78, 5) is 48.4. The highest BCUT2D eigenvalue weighted by Gasteiger charge is 2.55. The van der Waals surface area contributed by atoms with Crippen LogP contribution in [0.2, 0.25) is 0 Å². The molecule has 0 saturated carbocycles. The number of halogens is 6. The number of nitrogens with one attached hydrogen (secondary N) is 2. The van der Waals surface area contributed by atoms with E-state index in [2.05, 4.69) is 40.3 Å². The molecule has 4 aliphatic rings. The highest BCUT2D eigenvalue weighted by molar-refractivity contribution is 8.14. The van der Waals surface area contributed by atoms with Gasteiger partial charge in [-0.3, -0.25) is 19.6 Å². The van der Waals surface area contributed by atoms with Crippen molar-refractivity contribution in [3.8, 4) is 0 Å². The van der Waals surface area contributed by atoms with E-state index in [0.29, 0.717) is 22.9 Å². The molecule has 4 aromatic rings. The number of hydrogen-bond acceptors (Lipinski definition) is 12. The second-order valence-corrected chi connectivity index (χ2v) is 18.2. The third kappa shape index (κ3) is 10.1. The van der Waals surface area contributed by atoms with Gasteiger partial charge in [-0.25, -0.2) is 46.0 Å². The van der Waals surface area contributed by atoms with Crippen molar-refractivity contribution in [1.82, 2.24) is 9.97 Å². The highest BCUT2D eigenvalue weighted by atomic mass is 32.2. The van der Waals surface area contributed by atoms with Crippen LogP contribution >= 0.6 is 23.5 Å². The van der Waals surface area contributed by atoms with Crippen LogP contribution in [0.25, 0.3) is 9.69 Å². The Morgan fingerprint density at radius 3 is 1.42 bits per heavy atom. The lowest BCUT2D eigenvalue weighted by atomic mass is 9.74. The predicted molar refractivity (Wildman–Crippen MR) is 238 cm³/mol. The predicted octanol–water partition coefficient (Wildman–Crippen LogP) is 8.68. The van der Waals surface area contributed by atoms with Crippen LogP contribution in [-0.2, 0) is 20.6 Å². The normalized spacial score (nSPS) is 24.9. The molecule has 2 aromatic heterocycles. The van der Waals surface area contributed by atoms with Gasteiger partial charge in [0.15, 0.2) is 10.3 Å². The first-order chi connectivity index (χ1) is 31.2. The number of fused-ring (bicyclic) bond motifs is 2. The van der Waals surface area contributed by atoms with Gasteiger partial charge in [-0.15, -0.1) is 0 Å². The zero-order valence-electron chi connectivity index (χ0n) is 35.0. The summed E-state index contributed by atoms with van der Waals surface area (Å²) in [6.07, 6.45) is -0.0838. The summed E-state index contributed by atoms with van der Waals surface area (Å²) in [5.74, 6) is -8.52. The molecule has 6 atom stereocenters. The fourth-order valence-corrected chi connectivity index (χ4v) is 10.1. The van der Waals surface area contributed by atoms with Crippen LogP contribution < -0.4 is 22.1 Å². The number of amides is 2. The summed E-state index contributed by atoms with van der Waals surface area (Å²) in [5.41, 5.74) is 10.8. The van der Waals surface area contributed by atoms with Crippen LogP contribution in [0.4, 0.5) is 49.1 Å². The molecule has 2 fully saturated rings. The summed E-state index contributed by atoms with van der Waals surface area (Å²) in [6, 6.07) is 13.7. The Balaban J connectivity index is 0.000000196. The molecule has 6 heterocycles. The van der Waals surface area contributed by atoms with Gasteiger partial charge < -0.3 is 31.6 Å². The van der Waals surface area contributed by atoms with Crippen molar-refractivity contribution in [3.05, 3.63) is 130 Å². The van der Waals surface area contributed by atoms with Crippen LogP contribution in [0.5, 0.6) is 0 Å². The van der Waals surface area contributed by atoms with Gasteiger partial charge in [-0.05, 0) is 61.4 Å². The Labute approximate surface area is 383 Å². The lowest BCUT2D eigenvalue weighted by Crippen LogP contribution is -2.53. The number of rotatable bonds is 8. The number of aliphatic imine (C=N–C) groups is 2. The fraction of sp³-hybridized carbons (Fsp3) is 0.364. The number of carbonyl (C=O) groups excluding carboxylic acids is 2. The number of amidine groups is 2. The standard InChI is InChI=1S/2C22H20F3N5O2S/c2*1-21(24,25)18-7-12-10-33-20(26)30-22(12,11-32-18)15-8-13(3-5-16(15)23)29-19(31)17-6-4-14(27-2)9-28-17/h2*3-6,8-9,12,18H,7,10-11H2,1H3,(H2,26,30)(H,29,31). The maximum Gasteiger partial charge on any atom is 0.274 e. The van der Waals surface area contributed by atoms with Gasteiger partial charge in [0, 0.05) is 72.1 Å². The van der Waals surface area contributed by atoms with Gasteiger partial charge in [-0.2, -0.15) is 0 Å². The van der Waals surface area contributed by atoms with Crippen molar-refractivity contribution in [1.29, 1.82) is 0 Å². The molecule has 2 amide bonds. The van der Waals surface area contributed by atoms with Crippen LogP contribution in [0.15, 0.2) is 83.0 Å². The fourth-order valence-electron chi connectivity index (χ4n) is 8.08. The molecule has 0 spiro atoms. The third-order valence-electron chi connectivity index (χ3n) is 11.6. The average molecular weight is 951 g/mol. The van der Waals surface area contributed by atoms with E-state index >= 15 is 8.78 Å². The number of anilines is 2. The molecule has 66 heavy (non-hydrogen) atoms. The monoisotopic (exact) mass is 950 g/mol. The van der Waals surface area contributed by atoms with Crippen molar-refractivity contribution in [2.24, 2.45) is 33.3 Å². The van der Waals surface area contributed by atoms with E-state index in [0.717, 1.165) is 13.8 Å². The molecule has 0 aliphatic carbocycles. The van der Waals surface area contributed by atoms with Crippen LogP contribution in [0.3, 0.4) is 0 Å². The number of ether oxygens (including phenoxy) is 2. The van der Waals surface area contributed by atoms with E-state index < -0.39 is 70.4 Å². The Morgan fingerprint density at radius 1 is 0.697 bits per heavy atom. The third-order valence-corrected chi connectivity index (χ3v) is 13.5. The SMILES string of the molecule is [C-]#[N+]c1ccc(C(=O)Nc2ccc(F)c(C34COC(C(C)(F)F)CC3CSC(N)=N4)c2)nc1.[C-]#[N+]c1ccc(C(=O)Nc2ccc(F)c(C34COC(C(C)(F)F)CC3CSC(N)=N4)c2)nc1. The minimum absolute atomic E-state index is 0.0133. The summed E-state index contributed by atoms with van der Waals surface area (Å²) < 4.78 is 96.8. The van der Waals surface area contributed by atoms with Gasteiger partial charge in [0.05, 0.1) is 26.4 Å². The smallest absolute Gasteiger partial charge is 0.274 e. The van der Waals surface area contributed by atoms with Crippen molar-refractivity contribution in [3.63, 3.8) is 0 Å². The molecule has 2 saturated heterocycles. The van der Waals surface area contributed by atoms with Crippen molar-refractivity contribution >= 4 is 68.4 Å². The van der Waals surface area contributed by atoms with E-state index in [1.54, 1.807) is 0 Å². The zero-order chi connectivity index (χ0) is 47.6. The number of benzene rings is 2. The molecular formula is C44H40F6N10O4S2.